The number of alkyl carbamates (subject to hydrolysis) is 1. The molecule has 0 aliphatic carbocycles. The molecule has 0 unspecified atom stereocenters. The minimum atomic E-state index is -2.68. The van der Waals surface area contributed by atoms with Crippen LogP contribution < -0.4 is 10.1 Å². The summed E-state index contributed by atoms with van der Waals surface area (Å²) in [5.41, 5.74) is 0.831. The van der Waals surface area contributed by atoms with Crippen LogP contribution in [0.3, 0.4) is 0 Å². The zero-order valence-electron chi connectivity index (χ0n) is 22.7. The number of carbonyl (C=O) groups is 2. The van der Waals surface area contributed by atoms with E-state index in [0.29, 0.717) is 52.0 Å². The molecular formula is C28H41NO8Si. The zero-order chi connectivity index (χ0) is 27.6. The van der Waals surface area contributed by atoms with E-state index in [1.807, 2.05) is 57.2 Å². The number of hydrogen-bond donors (Lipinski definition) is 2. The van der Waals surface area contributed by atoms with E-state index in [0.717, 1.165) is 47.4 Å². The van der Waals surface area contributed by atoms with Gasteiger partial charge in [-0.2, -0.15) is 0 Å². The van der Waals surface area contributed by atoms with Crippen LogP contribution in [-0.2, 0) is 22.8 Å². The molecule has 0 saturated heterocycles. The second kappa shape index (κ2) is 17.6. The summed E-state index contributed by atoms with van der Waals surface area (Å²) in [6.45, 7) is 8.77. The van der Waals surface area contributed by atoms with Crippen LogP contribution in [0.2, 0.25) is 6.04 Å². The SMILES string of the molecule is CCO[Si](CCCNC(=O)OCCCCCOc1ccc2cc(C=CC(=O)O)ccc2c1)(OCC)OCC. The van der Waals surface area contributed by atoms with Crippen LogP contribution >= 0.6 is 0 Å². The van der Waals surface area contributed by atoms with Gasteiger partial charge in [0.15, 0.2) is 0 Å². The fourth-order valence-corrected chi connectivity index (χ4v) is 6.50. The van der Waals surface area contributed by atoms with Crippen LogP contribution in [0.4, 0.5) is 4.79 Å². The number of carboxylic acids is 1. The summed E-state index contributed by atoms with van der Waals surface area (Å²) >= 11 is 0. The highest BCUT2D eigenvalue weighted by atomic mass is 28.4. The smallest absolute Gasteiger partial charge is 0.494 e. The van der Waals surface area contributed by atoms with Crippen molar-refractivity contribution in [3.8, 4) is 5.75 Å². The lowest BCUT2D eigenvalue weighted by molar-refractivity contribution is -0.131. The van der Waals surface area contributed by atoms with Crippen molar-refractivity contribution in [1.82, 2.24) is 5.32 Å². The van der Waals surface area contributed by atoms with Crippen molar-refractivity contribution in [3.05, 3.63) is 48.0 Å². The molecule has 2 aromatic rings. The molecule has 0 spiro atoms. The van der Waals surface area contributed by atoms with Gasteiger partial charge in [-0.25, -0.2) is 9.59 Å². The molecule has 0 bridgehead atoms. The first-order valence-electron chi connectivity index (χ1n) is 13.3. The van der Waals surface area contributed by atoms with Crippen molar-refractivity contribution in [1.29, 1.82) is 0 Å². The Bertz CT molecular complexity index is 1010. The van der Waals surface area contributed by atoms with Crippen LogP contribution in [0.5, 0.6) is 5.75 Å². The summed E-state index contributed by atoms with van der Waals surface area (Å²) in [5, 5.41) is 13.6. The van der Waals surface area contributed by atoms with E-state index in [9.17, 15) is 9.59 Å². The molecule has 0 radical (unpaired) electrons. The molecular weight excluding hydrogens is 506 g/mol. The summed E-state index contributed by atoms with van der Waals surface area (Å²) in [4.78, 5) is 22.6. The first-order chi connectivity index (χ1) is 18.4. The Kier molecular flexibility index (Phi) is 14.5. The predicted octanol–water partition coefficient (Wildman–Crippen LogP) is 5.65. The standard InChI is InChI=1S/C28H41NO8Si/c1-4-35-38(36-5-2,37-6-3)20-10-17-29-28(32)34-19-9-7-8-18-33-26-15-14-24-21-23(12-16-27(30)31)11-13-25(24)22-26/h11-16,21-22H,4-10,17-20H2,1-3H3,(H,29,32)(H,30,31). The lowest BCUT2D eigenvalue weighted by Crippen LogP contribution is -2.46. The third kappa shape index (κ3) is 11.6. The molecule has 38 heavy (non-hydrogen) atoms. The van der Waals surface area contributed by atoms with Crippen molar-refractivity contribution < 1.29 is 37.4 Å². The van der Waals surface area contributed by atoms with Crippen molar-refractivity contribution >= 4 is 37.7 Å². The molecule has 0 aliphatic heterocycles. The Labute approximate surface area is 226 Å². The van der Waals surface area contributed by atoms with Crippen molar-refractivity contribution in [3.63, 3.8) is 0 Å². The average Bonchev–Trinajstić information content (AvgIpc) is 2.89. The lowest BCUT2D eigenvalue weighted by atomic mass is 10.1. The summed E-state index contributed by atoms with van der Waals surface area (Å²) in [5.74, 6) is -0.186. The number of aliphatic carboxylic acids is 1. The van der Waals surface area contributed by atoms with Gasteiger partial charge in [0.25, 0.3) is 0 Å². The molecule has 0 atom stereocenters. The number of benzene rings is 2. The van der Waals surface area contributed by atoms with Crippen molar-refractivity contribution in [2.75, 3.05) is 39.6 Å². The molecule has 0 aromatic heterocycles. The number of nitrogens with one attached hydrogen (secondary N) is 1. The number of fused-ring (bicyclic) bond motifs is 1. The van der Waals surface area contributed by atoms with Gasteiger partial charge in [0.1, 0.15) is 5.75 Å². The second-order valence-corrected chi connectivity index (χ2v) is 11.2. The topological polar surface area (TPSA) is 113 Å². The summed E-state index contributed by atoms with van der Waals surface area (Å²) in [7, 11) is -2.68. The largest absolute Gasteiger partial charge is 0.500 e. The Morgan fingerprint density at radius 1 is 0.868 bits per heavy atom. The summed E-state index contributed by atoms with van der Waals surface area (Å²) < 4.78 is 28.6. The highest BCUT2D eigenvalue weighted by molar-refractivity contribution is 6.60. The van der Waals surface area contributed by atoms with Gasteiger partial charge in [-0.3, -0.25) is 0 Å². The van der Waals surface area contributed by atoms with Crippen LogP contribution in [0, 0.1) is 0 Å². The number of unbranched alkanes of at least 4 members (excludes halogenated alkanes) is 2. The molecule has 0 heterocycles. The van der Waals surface area contributed by atoms with Gasteiger partial charge in [0, 0.05) is 38.5 Å². The van der Waals surface area contributed by atoms with E-state index in [2.05, 4.69) is 5.32 Å². The van der Waals surface area contributed by atoms with Gasteiger partial charge < -0.3 is 33.2 Å². The van der Waals surface area contributed by atoms with E-state index in [-0.39, 0.29) is 0 Å². The average molecular weight is 548 g/mol. The molecule has 10 heteroatoms. The maximum atomic E-state index is 11.9. The fraction of sp³-hybridized carbons (Fsp3) is 0.500. The second-order valence-electron chi connectivity index (χ2n) is 8.50. The first kappa shape index (κ1) is 31.3. The van der Waals surface area contributed by atoms with Gasteiger partial charge in [-0.15, -0.1) is 0 Å². The minimum Gasteiger partial charge on any atom is -0.494 e. The highest BCUT2D eigenvalue weighted by Crippen LogP contribution is 2.23. The number of carboxylic acid groups (broad SMARTS) is 1. The number of hydrogen-bond acceptors (Lipinski definition) is 7. The molecule has 1 amide bonds. The van der Waals surface area contributed by atoms with E-state index < -0.39 is 20.9 Å². The van der Waals surface area contributed by atoms with Gasteiger partial charge in [0.05, 0.1) is 13.2 Å². The van der Waals surface area contributed by atoms with Crippen LogP contribution in [0.15, 0.2) is 42.5 Å². The normalized spacial score (nSPS) is 11.7. The van der Waals surface area contributed by atoms with Crippen LogP contribution in [0.1, 0.15) is 52.0 Å². The lowest BCUT2D eigenvalue weighted by Gasteiger charge is -2.28. The molecule has 2 rings (SSSR count). The van der Waals surface area contributed by atoms with Gasteiger partial charge >= 0.3 is 20.9 Å². The zero-order valence-corrected chi connectivity index (χ0v) is 23.7. The van der Waals surface area contributed by atoms with Crippen LogP contribution in [-0.4, -0.2) is 65.6 Å². The fourth-order valence-electron chi connectivity index (χ4n) is 3.89. The van der Waals surface area contributed by atoms with Crippen molar-refractivity contribution in [2.24, 2.45) is 0 Å². The van der Waals surface area contributed by atoms with E-state index in [1.165, 1.54) is 0 Å². The Morgan fingerprint density at radius 3 is 2.21 bits per heavy atom. The maximum absolute atomic E-state index is 11.9. The quantitative estimate of drug-likeness (QED) is 0.132. The third-order valence-electron chi connectivity index (χ3n) is 5.57. The van der Waals surface area contributed by atoms with Gasteiger partial charge in [0.2, 0.25) is 0 Å². The molecule has 9 nitrogen and oxygen atoms in total. The maximum Gasteiger partial charge on any atom is 0.500 e. The molecule has 0 fully saturated rings. The molecule has 210 valence electrons. The monoisotopic (exact) mass is 547 g/mol. The van der Waals surface area contributed by atoms with E-state index in [1.54, 1.807) is 6.08 Å². The summed E-state index contributed by atoms with van der Waals surface area (Å²) in [6.07, 6.45) is 5.45. The molecule has 2 N–H and O–H groups in total. The Hall–Kier alpha value is -2.92. The number of carbonyl (C=O) groups excluding carboxylic acids is 1. The van der Waals surface area contributed by atoms with Gasteiger partial charge in [-0.05, 0) is 87.1 Å². The summed E-state index contributed by atoms with van der Waals surface area (Å²) in [6, 6.07) is 12.2. The van der Waals surface area contributed by atoms with Crippen LogP contribution in [0.25, 0.3) is 16.8 Å². The molecule has 0 saturated carbocycles. The Morgan fingerprint density at radius 2 is 1.53 bits per heavy atom. The number of ether oxygens (including phenoxy) is 2. The number of amides is 1. The van der Waals surface area contributed by atoms with Gasteiger partial charge in [-0.1, -0.05) is 18.2 Å². The third-order valence-corrected chi connectivity index (χ3v) is 8.72. The first-order valence-corrected chi connectivity index (χ1v) is 15.2. The molecule has 0 aliphatic rings. The van der Waals surface area contributed by atoms with Crippen molar-refractivity contribution in [2.45, 2.75) is 52.5 Å². The molecule has 2 aromatic carbocycles. The van der Waals surface area contributed by atoms with E-state index in [4.69, 9.17) is 27.9 Å². The number of rotatable bonds is 19. The predicted molar refractivity (Wildman–Crippen MR) is 149 cm³/mol. The minimum absolute atomic E-state index is 0.357. The highest BCUT2D eigenvalue weighted by Gasteiger charge is 2.39. The Balaban J connectivity index is 1.59. The van der Waals surface area contributed by atoms with E-state index >= 15 is 0 Å².